The van der Waals surface area contributed by atoms with Gasteiger partial charge in [-0.05, 0) is 64.4 Å². The molecule has 0 heterocycles. The van der Waals surface area contributed by atoms with Crippen LogP contribution in [0.5, 0.6) is 5.75 Å². The van der Waals surface area contributed by atoms with Crippen LogP contribution in [0.2, 0.25) is 0 Å². The Hall–Kier alpha value is -1.06. The minimum Gasteiger partial charge on any atom is -0.496 e. The molecule has 3 nitrogen and oxygen atoms in total. The van der Waals surface area contributed by atoms with Crippen molar-refractivity contribution in [3.8, 4) is 5.75 Å². The van der Waals surface area contributed by atoms with E-state index in [1.165, 1.54) is 22.3 Å². The Labute approximate surface area is 116 Å². The minimum atomic E-state index is -0.0940. The molecule has 2 rings (SSSR count). The normalized spacial score (nSPS) is 18.5. The second kappa shape index (κ2) is 4.80. The van der Waals surface area contributed by atoms with Crippen LogP contribution in [0.3, 0.4) is 0 Å². The molecule has 1 aromatic rings. The molecule has 1 aliphatic rings. The molecule has 0 aromatic heterocycles. The Morgan fingerprint density at radius 2 is 1.79 bits per heavy atom. The average Bonchev–Trinajstić information content (AvgIpc) is 3.04. The molecule has 1 unspecified atom stereocenters. The largest absolute Gasteiger partial charge is 0.496 e. The van der Waals surface area contributed by atoms with Gasteiger partial charge in [-0.15, -0.1) is 0 Å². The highest BCUT2D eigenvalue weighted by Crippen LogP contribution is 2.50. The molecule has 0 spiro atoms. The van der Waals surface area contributed by atoms with Gasteiger partial charge < -0.3 is 15.4 Å². The first-order chi connectivity index (χ1) is 8.81. The van der Waals surface area contributed by atoms with E-state index in [0.29, 0.717) is 0 Å². The van der Waals surface area contributed by atoms with Crippen molar-refractivity contribution in [2.45, 2.75) is 45.2 Å². The zero-order valence-electron chi connectivity index (χ0n) is 13.0. The van der Waals surface area contributed by atoms with Crippen molar-refractivity contribution in [2.75, 3.05) is 21.2 Å². The van der Waals surface area contributed by atoms with Gasteiger partial charge in [0.2, 0.25) is 0 Å². The van der Waals surface area contributed by atoms with E-state index in [9.17, 15) is 0 Å². The fourth-order valence-electron chi connectivity index (χ4n) is 3.15. The van der Waals surface area contributed by atoms with Crippen LogP contribution in [0.1, 0.15) is 41.1 Å². The van der Waals surface area contributed by atoms with Crippen LogP contribution in [0.15, 0.2) is 6.07 Å². The molecular weight excluding hydrogens is 236 g/mol. The maximum Gasteiger partial charge on any atom is 0.127 e. The van der Waals surface area contributed by atoms with E-state index in [1.807, 2.05) is 0 Å². The van der Waals surface area contributed by atoms with E-state index < -0.39 is 0 Å². The highest BCUT2D eigenvalue weighted by molar-refractivity contribution is 5.52. The number of hydrogen-bond acceptors (Lipinski definition) is 3. The average molecular weight is 262 g/mol. The highest BCUT2D eigenvalue weighted by Gasteiger charge is 2.49. The number of methoxy groups -OCH3 is 1. The third-order valence-electron chi connectivity index (χ3n) is 4.40. The maximum atomic E-state index is 6.51. The van der Waals surface area contributed by atoms with Crippen LogP contribution in [0.25, 0.3) is 0 Å². The molecule has 1 saturated carbocycles. The van der Waals surface area contributed by atoms with E-state index in [1.54, 1.807) is 7.11 Å². The van der Waals surface area contributed by atoms with Crippen molar-refractivity contribution in [1.29, 1.82) is 0 Å². The zero-order chi connectivity index (χ0) is 14.4. The van der Waals surface area contributed by atoms with Crippen LogP contribution in [-0.4, -0.2) is 31.6 Å². The van der Waals surface area contributed by atoms with Gasteiger partial charge in [-0.25, -0.2) is 0 Å². The number of hydrogen-bond donors (Lipinski definition) is 1. The molecule has 106 valence electrons. The fourth-order valence-corrected chi connectivity index (χ4v) is 3.15. The lowest BCUT2D eigenvalue weighted by Crippen LogP contribution is -2.40. The van der Waals surface area contributed by atoms with Crippen LogP contribution in [0, 0.1) is 20.8 Å². The van der Waals surface area contributed by atoms with Gasteiger partial charge in [0.05, 0.1) is 13.2 Å². The molecule has 0 aliphatic heterocycles. The van der Waals surface area contributed by atoms with Gasteiger partial charge in [-0.2, -0.15) is 0 Å². The van der Waals surface area contributed by atoms with Crippen LogP contribution in [-0.2, 0) is 0 Å². The predicted molar refractivity (Wildman–Crippen MR) is 79.8 cm³/mol. The monoisotopic (exact) mass is 262 g/mol. The molecule has 1 fully saturated rings. The van der Waals surface area contributed by atoms with Crippen LogP contribution < -0.4 is 10.5 Å². The SMILES string of the molecule is COc1c(C)c(C)cc(C)c1C(N(C)C)C1(N)CC1. The first kappa shape index (κ1) is 14.4. The number of likely N-dealkylation sites (N-methyl/N-ethyl adjacent to an activating group) is 1. The summed E-state index contributed by atoms with van der Waals surface area (Å²) in [6.45, 7) is 6.42. The summed E-state index contributed by atoms with van der Waals surface area (Å²) < 4.78 is 5.71. The van der Waals surface area contributed by atoms with Gasteiger partial charge in [-0.1, -0.05) is 6.07 Å². The minimum absolute atomic E-state index is 0.0940. The van der Waals surface area contributed by atoms with E-state index in [-0.39, 0.29) is 11.6 Å². The van der Waals surface area contributed by atoms with E-state index in [4.69, 9.17) is 10.5 Å². The predicted octanol–water partition coefficient (Wildman–Crippen LogP) is 2.71. The van der Waals surface area contributed by atoms with Crippen molar-refractivity contribution in [3.63, 3.8) is 0 Å². The quantitative estimate of drug-likeness (QED) is 0.906. The molecular formula is C16H26N2O. The lowest BCUT2D eigenvalue weighted by atomic mass is 9.88. The molecule has 1 atom stereocenters. The second-order valence-electron chi connectivity index (χ2n) is 6.18. The summed E-state index contributed by atoms with van der Waals surface area (Å²) in [4.78, 5) is 2.23. The number of aryl methyl sites for hydroxylation is 2. The summed E-state index contributed by atoms with van der Waals surface area (Å²) in [5.41, 5.74) is 11.4. The summed E-state index contributed by atoms with van der Waals surface area (Å²) in [7, 11) is 5.96. The third-order valence-corrected chi connectivity index (χ3v) is 4.40. The van der Waals surface area contributed by atoms with Crippen LogP contribution >= 0.6 is 0 Å². The van der Waals surface area contributed by atoms with Crippen molar-refractivity contribution in [2.24, 2.45) is 5.73 Å². The van der Waals surface area contributed by atoms with Gasteiger partial charge >= 0.3 is 0 Å². The number of ether oxygens (including phenoxy) is 1. The summed E-state index contributed by atoms with van der Waals surface area (Å²) >= 11 is 0. The first-order valence-electron chi connectivity index (χ1n) is 6.92. The Morgan fingerprint density at radius 1 is 1.21 bits per heavy atom. The Balaban J connectivity index is 2.63. The summed E-state index contributed by atoms with van der Waals surface area (Å²) in [6, 6.07) is 2.47. The lowest BCUT2D eigenvalue weighted by molar-refractivity contribution is 0.237. The molecule has 1 aromatic carbocycles. The molecule has 0 radical (unpaired) electrons. The molecule has 1 aliphatic carbocycles. The number of rotatable bonds is 4. The summed E-state index contributed by atoms with van der Waals surface area (Å²) in [6.07, 6.45) is 2.18. The number of nitrogens with zero attached hydrogens (tertiary/aromatic N) is 1. The molecule has 19 heavy (non-hydrogen) atoms. The van der Waals surface area contributed by atoms with Crippen molar-refractivity contribution in [1.82, 2.24) is 4.90 Å². The smallest absolute Gasteiger partial charge is 0.127 e. The van der Waals surface area contributed by atoms with E-state index >= 15 is 0 Å². The van der Waals surface area contributed by atoms with Crippen molar-refractivity contribution >= 4 is 0 Å². The van der Waals surface area contributed by atoms with Gasteiger partial charge in [-0.3, -0.25) is 0 Å². The van der Waals surface area contributed by atoms with E-state index in [0.717, 1.165) is 18.6 Å². The van der Waals surface area contributed by atoms with Crippen molar-refractivity contribution in [3.05, 3.63) is 28.3 Å². The van der Waals surface area contributed by atoms with Gasteiger partial charge in [0.25, 0.3) is 0 Å². The Kier molecular flexibility index (Phi) is 3.63. The zero-order valence-corrected chi connectivity index (χ0v) is 13.0. The van der Waals surface area contributed by atoms with E-state index in [2.05, 4.69) is 45.8 Å². The molecule has 0 saturated heterocycles. The lowest BCUT2D eigenvalue weighted by Gasteiger charge is -2.33. The molecule has 0 bridgehead atoms. The standard InChI is InChI=1S/C16H26N2O/c1-10-9-11(2)13(14(19-6)12(10)3)15(18(4)5)16(17)7-8-16/h9,15H,7-8,17H2,1-6H3. The topological polar surface area (TPSA) is 38.5 Å². The Bertz CT molecular complexity index is 490. The number of nitrogens with two attached hydrogens (primary N) is 1. The maximum absolute atomic E-state index is 6.51. The summed E-state index contributed by atoms with van der Waals surface area (Å²) in [5, 5.41) is 0. The van der Waals surface area contributed by atoms with Gasteiger partial charge in [0, 0.05) is 11.1 Å². The third kappa shape index (κ3) is 2.37. The van der Waals surface area contributed by atoms with Crippen LogP contribution in [0.4, 0.5) is 0 Å². The summed E-state index contributed by atoms with van der Waals surface area (Å²) in [5.74, 6) is 1.01. The number of benzene rings is 1. The van der Waals surface area contributed by atoms with Gasteiger partial charge in [0.15, 0.2) is 0 Å². The van der Waals surface area contributed by atoms with Crippen molar-refractivity contribution < 1.29 is 4.74 Å². The molecule has 3 heteroatoms. The molecule has 2 N–H and O–H groups in total. The first-order valence-corrected chi connectivity index (χ1v) is 6.92. The molecule has 0 amide bonds. The fraction of sp³-hybridized carbons (Fsp3) is 0.625. The van der Waals surface area contributed by atoms with Gasteiger partial charge in [0.1, 0.15) is 5.75 Å². The highest BCUT2D eigenvalue weighted by atomic mass is 16.5. The Morgan fingerprint density at radius 3 is 2.21 bits per heavy atom. The second-order valence-corrected chi connectivity index (χ2v) is 6.18.